The van der Waals surface area contributed by atoms with Crippen LogP contribution in [-0.4, -0.2) is 5.37 Å². The summed E-state index contributed by atoms with van der Waals surface area (Å²) < 4.78 is 0. The molecule has 0 aromatic rings. The van der Waals surface area contributed by atoms with Crippen LogP contribution in [0.4, 0.5) is 0 Å². The summed E-state index contributed by atoms with van der Waals surface area (Å²) in [5, 5.41) is 1.58. The van der Waals surface area contributed by atoms with Crippen LogP contribution in [0.5, 0.6) is 0 Å². The maximum Gasteiger partial charge on any atom is -0.0234 e. The van der Waals surface area contributed by atoms with Crippen LogP contribution in [0, 0.1) is 5.92 Å². The van der Waals surface area contributed by atoms with E-state index < -0.39 is 0 Å². The van der Waals surface area contributed by atoms with Crippen LogP contribution in [0.1, 0.15) is 66.2 Å². The van der Waals surface area contributed by atoms with Crippen molar-refractivity contribution < 1.29 is 0 Å². The van der Waals surface area contributed by atoms with Crippen molar-refractivity contribution in [2.75, 3.05) is 0 Å². The predicted molar refractivity (Wildman–Crippen MR) is 76.7 cm³/mol. The van der Waals surface area contributed by atoms with E-state index in [4.69, 9.17) is 0 Å². The van der Waals surface area contributed by atoms with Crippen molar-refractivity contribution in [2.24, 2.45) is 5.92 Å². The Labute approximate surface area is 102 Å². The van der Waals surface area contributed by atoms with Gasteiger partial charge in [0.15, 0.2) is 0 Å². The third kappa shape index (κ3) is 13.8. The van der Waals surface area contributed by atoms with Crippen molar-refractivity contribution in [1.82, 2.24) is 0 Å². The van der Waals surface area contributed by atoms with E-state index in [0.29, 0.717) is 0 Å². The van der Waals surface area contributed by atoms with E-state index in [1.165, 1.54) is 44.1 Å². The first-order chi connectivity index (χ1) is 7.13. The lowest BCUT2D eigenvalue weighted by atomic mass is 9.93. The van der Waals surface area contributed by atoms with Gasteiger partial charge in [-0.05, 0) is 37.5 Å². The second kappa shape index (κ2) is 13.8. The minimum Gasteiger partial charge on any atom is -0.0996 e. The highest BCUT2D eigenvalue weighted by Gasteiger charge is 2.04. The first kappa shape index (κ1) is 17.2. The molecule has 0 spiro atoms. The van der Waals surface area contributed by atoms with E-state index >= 15 is 0 Å². The SMILES string of the molecule is C=C(CCCC)C(C)CCCC.CC=S. The largest absolute Gasteiger partial charge is 0.0996 e. The fraction of sp³-hybridized carbons (Fsp3) is 0.786. The zero-order valence-electron chi connectivity index (χ0n) is 11.0. The molecular formula is C14H28S. The summed E-state index contributed by atoms with van der Waals surface area (Å²) in [4.78, 5) is 0. The lowest BCUT2D eigenvalue weighted by molar-refractivity contribution is 0.548. The second-order valence-electron chi connectivity index (χ2n) is 4.04. The molecule has 0 heterocycles. The van der Waals surface area contributed by atoms with Crippen LogP contribution in [0.15, 0.2) is 12.2 Å². The second-order valence-corrected chi connectivity index (χ2v) is 4.51. The van der Waals surface area contributed by atoms with Gasteiger partial charge in [0.25, 0.3) is 0 Å². The molecule has 0 aliphatic carbocycles. The molecule has 0 bridgehead atoms. The summed E-state index contributed by atoms with van der Waals surface area (Å²) in [5.74, 6) is 0.747. The van der Waals surface area contributed by atoms with Gasteiger partial charge < -0.3 is 0 Å². The normalized spacial score (nSPS) is 11.2. The van der Waals surface area contributed by atoms with Gasteiger partial charge in [-0.1, -0.05) is 64.4 Å². The molecule has 0 nitrogen and oxygen atoms in total. The number of thiocarbonyl (C=S) groups is 1. The molecule has 1 heteroatoms. The first-order valence-electron chi connectivity index (χ1n) is 6.21. The number of hydrogen-bond acceptors (Lipinski definition) is 1. The lowest BCUT2D eigenvalue weighted by Crippen LogP contribution is -1.98. The van der Waals surface area contributed by atoms with Gasteiger partial charge in [-0.15, -0.1) is 0 Å². The molecule has 0 amide bonds. The Hall–Kier alpha value is -0.170. The van der Waals surface area contributed by atoms with Gasteiger partial charge in [0, 0.05) is 0 Å². The Balaban J connectivity index is 0. The molecule has 0 radical (unpaired) electrons. The summed E-state index contributed by atoms with van der Waals surface area (Å²) in [6.07, 6.45) is 7.84. The summed E-state index contributed by atoms with van der Waals surface area (Å²) in [6, 6.07) is 0. The number of hydrogen-bond donors (Lipinski definition) is 0. The Bertz CT molecular complexity index is 149. The van der Waals surface area contributed by atoms with Crippen molar-refractivity contribution in [3.8, 4) is 0 Å². The van der Waals surface area contributed by atoms with Gasteiger partial charge in [0.05, 0.1) is 0 Å². The highest BCUT2D eigenvalue weighted by atomic mass is 32.1. The molecule has 15 heavy (non-hydrogen) atoms. The summed E-state index contributed by atoms with van der Waals surface area (Å²) >= 11 is 4.27. The van der Waals surface area contributed by atoms with Crippen LogP contribution in [-0.2, 0) is 0 Å². The minimum atomic E-state index is 0.747. The van der Waals surface area contributed by atoms with E-state index in [-0.39, 0.29) is 0 Å². The summed E-state index contributed by atoms with van der Waals surface area (Å²) in [5.41, 5.74) is 1.46. The Morgan fingerprint density at radius 2 is 1.73 bits per heavy atom. The van der Waals surface area contributed by atoms with Gasteiger partial charge in [-0.25, -0.2) is 0 Å². The van der Waals surface area contributed by atoms with Gasteiger partial charge in [-0.2, -0.15) is 0 Å². The molecule has 1 unspecified atom stereocenters. The summed E-state index contributed by atoms with van der Waals surface area (Å²) in [7, 11) is 0. The van der Waals surface area contributed by atoms with Gasteiger partial charge in [-0.3, -0.25) is 0 Å². The summed E-state index contributed by atoms with van der Waals surface area (Å²) in [6.45, 7) is 12.8. The Morgan fingerprint density at radius 1 is 1.27 bits per heavy atom. The standard InChI is InChI=1S/C12H24.C2H4S/c1-5-7-9-11(3)12(4)10-8-6-2;1-2-3/h12H,3,5-10H2,1-2,4H3;2H,1H3. The molecule has 0 aliphatic rings. The maximum absolute atomic E-state index is 4.27. The zero-order chi connectivity index (χ0) is 12.1. The third-order valence-corrected chi connectivity index (χ3v) is 2.54. The quantitative estimate of drug-likeness (QED) is 0.406. The van der Waals surface area contributed by atoms with Crippen molar-refractivity contribution in [3.63, 3.8) is 0 Å². The topological polar surface area (TPSA) is 0 Å². The molecular weight excluding hydrogens is 200 g/mol. The van der Waals surface area contributed by atoms with E-state index in [2.05, 4.69) is 39.6 Å². The Kier molecular flexibility index (Phi) is 15.9. The molecule has 0 rings (SSSR count). The maximum atomic E-state index is 4.27. The minimum absolute atomic E-state index is 0.747. The molecule has 1 atom stereocenters. The highest BCUT2D eigenvalue weighted by molar-refractivity contribution is 7.78. The van der Waals surface area contributed by atoms with Gasteiger partial charge in [0.1, 0.15) is 0 Å². The molecule has 0 saturated carbocycles. The van der Waals surface area contributed by atoms with Crippen LogP contribution in [0.2, 0.25) is 0 Å². The van der Waals surface area contributed by atoms with E-state index in [1.807, 2.05) is 6.92 Å². The number of unbranched alkanes of at least 4 members (excludes halogenated alkanes) is 2. The van der Waals surface area contributed by atoms with Crippen LogP contribution >= 0.6 is 12.2 Å². The monoisotopic (exact) mass is 228 g/mol. The molecule has 90 valence electrons. The van der Waals surface area contributed by atoms with E-state index in [1.54, 1.807) is 5.37 Å². The first-order valence-corrected chi connectivity index (χ1v) is 6.68. The van der Waals surface area contributed by atoms with Crippen molar-refractivity contribution in [1.29, 1.82) is 0 Å². The smallest absolute Gasteiger partial charge is 0.0234 e. The van der Waals surface area contributed by atoms with Gasteiger partial charge in [0.2, 0.25) is 0 Å². The molecule has 0 aliphatic heterocycles. The number of allylic oxidation sites excluding steroid dienone is 1. The van der Waals surface area contributed by atoms with Gasteiger partial charge >= 0.3 is 0 Å². The van der Waals surface area contributed by atoms with Crippen molar-refractivity contribution >= 4 is 17.6 Å². The zero-order valence-corrected chi connectivity index (χ0v) is 11.8. The average Bonchev–Trinajstić information content (AvgIpc) is 2.23. The molecule has 0 aromatic carbocycles. The molecule has 0 saturated heterocycles. The average molecular weight is 228 g/mol. The Morgan fingerprint density at radius 3 is 2.13 bits per heavy atom. The predicted octanol–water partition coefficient (Wildman–Crippen LogP) is 5.57. The fourth-order valence-corrected chi connectivity index (χ4v) is 1.36. The fourth-order valence-electron chi connectivity index (χ4n) is 1.36. The van der Waals surface area contributed by atoms with Crippen LogP contribution < -0.4 is 0 Å². The molecule has 0 fully saturated rings. The molecule has 0 aromatic heterocycles. The highest BCUT2D eigenvalue weighted by Crippen LogP contribution is 2.20. The van der Waals surface area contributed by atoms with Crippen LogP contribution in [0.25, 0.3) is 0 Å². The third-order valence-electron chi connectivity index (χ3n) is 2.54. The lowest BCUT2D eigenvalue weighted by Gasteiger charge is -2.13. The van der Waals surface area contributed by atoms with Crippen molar-refractivity contribution in [3.05, 3.63) is 12.2 Å². The van der Waals surface area contributed by atoms with Crippen molar-refractivity contribution in [2.45, 2.75) is 66.2 Å². The van der Waals surface area contributed by atoms with E-state index in [0.717, 1.165) is 5.92 Å². The number of rotatable bonds is 7. The van der Waals surface area contributed by atoms with Crippen LogP contribution in [0.3, 0.4) is 0 Å². The van der Waals surface area contributed by atoms with E-state index in [9.17, 15) is 0 Å². The molecule has 0 N–H and O–H groups in total.